The summed E-state index contributed by atoms with van der Waals surface area (Å²) in [6.45, 7) is 0. The second-order valence-corrected chi connectivity index (χ2v) is 7.18. The van der Waals surface area contributed by atoms with Crippen LogP contribution in [0.4, 0.5) is 24.8 Å². The summed E-state index contributed by atoms with van der Waals surface area (Å²) in [5.41, 5.74) is 6.66. The molecule has 0 aliphatic heterocycles. The van der Waals surface area contributed by atoms with Crippen LogP contribution in [0.5, 0.6) is 5.75 Å². The number of aliphatic hydroxyl groups is 1. The number of hydrogen-bond donors (Lipinski definition) is 3. The molecule has 32 heavy (non-hydrogen) atoms. The molecular weight excluding hydrogens is 423 g/mol. The molecule has 0 saturated carbocycles. The van der Waals surface area contributed by atoms with Gasteiger partial charge in [0.2, 0.25) is 0 Å². The van der Waals surface area contributed by atoms with Gasteiger partial charge in [0.25, 0.3) is 0 Å². The Hall–Kier alpha value is -3.79. The maximum Gasteiger partial charge on any atom is 0.419 e. The number of rotatable bonds is 6. The highest BCUT2D eigenvalue weighted by Crippen LogP contribution is 2.35. The first-order valence-corrected chi connectivity index (χ1v) is 9.62. The standard InChI is InChI=1S/C22H20F3N5O2/c1-32-16-5-2-13(3-6-16)8-20(31)29-18-12-30-11-14(4-7-19(30)28-18)15-9-17(22(23,24)25)21(26)27-10-15/h2-7,9-12,20,29,31H,8H2,1H3,(H2,26,27). The fourth-order valence-electron chi connectivity index (χ4n) is 3.30. The van der Waals surface area contributed by atoms with E-state index in [1.54, 1.807) is 36.0 Å². The maximum absolute atomic E-state index is 13.1. The van der Waals surface area contributed by atoms with Crippen molar-refractivity contribution in [3.63, 3.8) is 0 Å². The number of ether oxygens (including phenoxy) is 1. The molecule has 1 atom stereocenters. The first-order chi connectivity index (χ1) is 15.2. The number of aliphatic hydroxyl groups excluding tert-OH is 1. The van der Waals surface area contributed by atoms with E-state index in [1.165, 1.54) is 6.20 Å². The van der Waals surface area contributed by atoms with Gasteiger partial charge in [-0.05, 0) is 35.9 Å². The van der Waals surface area contributed by atoms with Gasteiger partial charge in [-0.1, -0.05) is 12.1 Å². The van der Waals surface area contributed by atoms with E-state index in [2.05, 4.69) is 15.3 Å². The number of fused-ring (bicyclic) bond motifs is 1. The number of nitrogens with one attached hydrogen (secondary N) is 1. The lowest BCUT2D eigenvalue weighted by molar-refractivity contribution is -0.137. The number of aromatic nitrogens is 3. The van der Waals surface area contributed by atoms with Crippen LogP contribution in [0.1, 0.15) is 11.1 Å². The van der Waals surface area contributed by atoms with Crippen LogP contribution >= 0.6 is 0 Å². The van der Waals surface area contributed by atoms with E-state index in [9.17, 15) is 18.3 Å². The van der Waals surface area contributed by atoms with Gasteiger partial charge in [0.15, 0.2) is 0 Å². The van der Waals surface area contributed by atoms with Crippen molar-refractivity contribution in [1.82, 2.24) is 14.4 Å². The van der Waals surface area contributed by atoms with Gasteiger partial charge in [-0.2, -0.15) is 13.2 Å². The summed E-state index contributed by atoms with van der Waals surface area (Å²) in [5.74, 6) is 0.586. The molecule has 0 radical (unpaired) electrons. The topological polar surface area (TPSA) is 97.7 Å². The quantitative estimate of drug-likeness (QED) is 0.390. The second-order valence-electron chi connectivity index (χ2n) is 7.18. The number of nitrogens with two attached hydrogens (primary N) is 1. The van der Waals surface area contributed by atoms with E-state index >= 15 is 0 Å². The summed E-state index contributed by atoms with van der Waals surface area (Å²) in [7, 11) is 1.58. The van der Waals surface area contributed by atoms with Crippen LogP contribution in [0.3, 0.4) is 0 Å². The summed E-state index contributed by atoms with van der Waals surface area (Å²) in [6, 6.07) is 11.6. The van der Waals surface area contributed by atoms with Gasteiger partial charge in [0.05, 0.1) is 18.9 Å². The van der Waals surface area contributed by atoms with E-state index in [0.29, 0.717) is 23.4 Å². The number of alkyl halides is 3. The number of methoxy groups -OCH3 is 1. The average Bonchev–Trinajstić information content (AvgIpc) is 3.15. The summed E-state index contributed by atoms with van der Waals surface area (Å²) in [4.78, 5) is 8.06. The van der Waals surface area contributed by atoms with E-state index in [4.69, 9.17) is 10.5 Å². The van der Waals surface area contributed by atoms with Crippen molar-refractivity contribution in [2.75, 3.05) is 18.2 Å². The summed E-state index contributed by atoms with van der Waals surface area (Å²) >= 11 is 0. The number of hydrogen-bond acceptors (Lipinski definition) is 6. The molecule has 0 aliphatic rings. The van der Waals surface area contributed by atoms with Gasteiger partial charge >= 0.3 is 6.18 Å². The van der Waals surface area contributed by atoms with Gasteiger partial charge in [-0.15, -0.1) is 0 Å². The van der Waals surface area contributed by atoms with Crippen LogP contribution in [0.25, 0.3) is 16.8 Å². The molecule has 3 heterocycles. The lowest BCUT2D eigenvalue weighted by Gasteiger charge is -2.12. The largest absolute Gasteiger partial charge is 0.497 e. The Balaban J connectivity index is 1.53. The first kappa shape index (κ1) is 21.4. The van der Waals surface area contributed by atoms with Crippen LogP contribution in [0.15, 0.2) is 61.1 Å². The third-order valence-electron chi connectivity index (χ3n) is 4.91. The molecule has 0 spiro atoms. The fraction of sp³-hybridized carbons (Fsp3) is 0.182. The predicted molar refractivity (Wildman–Crippen MR) is 114 cm³/mol. The van der Waals surface area contributed by atoms with E-state index < -0.39 is 23.8 Å². The Morgan fingerprint density at radius 2 is 1.88 bits per heavy atom. The highest BCUT2D eigenvalue weighted by Gasteiger charge is 2.34. The smallest absolute Gasteiger partial charge is 0.419 e. The summed E-state index contributed by atoms with van der Waals surface area (Å²) in [6.07, 6.45) is -0.560. The van der Waals surface area contributed by atoms with Crippen LogP contribution in [0, 0.1) is 0 Å². The number of anilines is 2. The molecule has 10 heteroatoms. The van der Waals surface area contributed by atoms with Gasteiger partial charge in [-0.3, -0.25) is 0 Å². The zero-order valence-corrected chi connectivity index (χ0v) is 17.0. The fourth-order valence-corrected chi connectivity index (χ4v) is 3.30. The van der Waals surface area contributed by atoms with Crippen molar-refractivity contribution in [3.8, 4) is 16.9 Å². The minimum Gasteiger partial charge on any atom is -0.497 e. The third-order valence-corrected chi connectivity index (χ3v) is 4.91. The zero-order valence-electron chi connectivity index (χ0n) is 17.0. The molecule has 0 saturated heterocycles. The van der Waals surface area contributed by atoms with Crippen LogP contribution in [-0.2, 0) is 12.6 Å². The molecular formula is C22H20F3N5O2. The molecule has 4 N–H and O–H groups in total. The highest BCUT2D eigenvalue weighted by molar-refractivity contribution is 5.67. The molecule has 1 unspecified atom stereocenters. The molecule has 0 amide bonds. The van der Waals surface area contributed by atoms with Crippen molar-refractivity contribution in [1.29, 1.82) is 0 Å². The van der Waals surface area contributed by atoms with Gasteiger partial charge in [0, 0.05) is 29.9 Å². The normalized spacial score (nSPS) is 12.7. The number of imidazole rings is 1. The zero-order chi connectivity index (χ0) is 22.9. The monoisotopic (exact) mass is 443 g/mol. The second kappa shape index (κ2) is 8.39. The molecule has 1 aromatic carbocycles. The van der Waals surface area contributed by atoms with Crippen molar-refractivity contribution >= 4 is 17.3 Å². The molecule has 7 nitrogen and oxygen atoms in total. The lowest BCUT2D eigenvalue weighted by Crippen LogP contribution is -2.21. The maximum atomic E-state index is 13.1. The molecule has 0 aliphatic carbocycles. The lowest BCUT2D eigenvalue weighted by atomic mass is 10.1. The Morgan fingerprint density at radius 1 is 1.12 bits per heavy atom. The number of halogens is 3. The van der Waals surface area contributed by atoms with Crippen LogP contribution in [-0.4, -0.2) is 32.8 Å². The number of benzene rings is 1. The molecule has 4 rings (SSSR count). The predicted octanol–water partition coefficient (Wildman–Crippen LogP) is 3.98. The molecule has 166 valence electrons. The average molecular weight is 443 g/mol. The van der Waals surface area contributed by atoms with Crippen LogP contribution < -0.4 is 15.8 Å². The molecule has 0 bridgehead atoms. The van der Waals surface area contributed by atoms with Crippen molar-refractivity contribution in [2.24, 2.45) is 0 Å². The van der Waals surface area contributed by atoms with E-state index in [1.807, 2.05) is 24.3 Å². The Morgan fingerprint density at radius 3 is 2.56 bits per heavy atom. The SMILES string of the molecule is COc1ccc(CC(O)Nc2cn3cc(-c4cnc(N)c(C(F)(F)F)c4)ccc3n2)cc1. The van der Waals surface area contributed by atoms with Gasteiger partial charge in [0.1, 0.15) is 29.3 Å². The van der Waals surface area contributed by atoms with Crippen molar-refractivity contribution < 1.29 is 23.0 Å². The van der Waals surface area contributed by atoms with Crippen molar-refractivity contribution in [2.45, 2.75) is 18.8 Å². The van der Waals surface area contributed by atoms with Gasteiger partial charge in [-0.25, -0.2) is 9.97 Å². The van der Waals surface area contributed by atoms with Crippen molar-refractivity contribution in [3.05, 3.63) is 72.2 Å². The minimum atomic E-state index is -4.59. The summed E-state index contributed by atoms with van der Waals surface area (Å²) in [5, 5.41) is 13.3. The van der Waals surface area contributed by atoms with E-state index in [-0.39, 0.29) is 5.56 Å². The minimum absolute atomic E-state index is 0.274. The number of pyridine rings is 2. The third kappa shape index (κ3) is 4.59. The Bertz CT molecular complexity index is 1240. The molecule has 0 fully saturated rings. The Kier molecular flexibility index (Phi) is 5.62. The first-order valence-electron chi connectivity index (χ1n) is 9.62. The summed E-state index contributed by atoms with van der Waals surface area (Å²) < 4.78 is 46.2. The van der Waals surface area contributed by atoms with Crippen LogP contribution in [0.2, 0.25) is 0 Å². The number of nitrogens with zero attached hydrogens (tertiary/aromatic N) is 3. The molecule has 4 aromatic rings. The molecule has 3 aromatic heterocycles. The van der Waals surface area contributed by atoms with E-state index in [0.717, 1.165) is 17.4 Å². The Labute approximate surface area is 181 Å². The highest BCUT2D eigenvalue weighted by atomic mass is 19.4. The number of nitrogen functional groups attached to an aromatic ring is 1. The van der Waals surface area contributed by atoms with Gasteiger partial charge < -0.3 is 25.3 Å².